The van der Waals surface area contributed by atoms with Crippen LogP contribution in [-0.4, -0.2) is 50.2 Å². The Labute approximate surface area is 141 Å². The van der Waals surface area contributed by atoms with Gasteiger partial charge in [-0.1, -0.05) is 0 Å². The summed E-state index contributed by atoms with van der Waals surface area (Å²) in [6.45, 7) is -0.721. The van der Waals surface area contributed by atoms with Crippen LogP contribution in [0.1, 0.15) is 5.56 Å². The average molecular weight is 385 g/mol. The third-order valence-corrected chi connectivity index (χ3v) is 6.14. The zero-order chi connectivity index (χ0) is 19.2. The molecule has 1 saturated heterocycles. The summed E-state index contributed by atoms with van der Waals surface area (Å²) in [4.78, 5) is 10.5. The van der Waals surface area contributed by atoms with Crippen LogP contribution in [0.5, 0.6) is 5.75 Å². The Morgan fingerprint density at radius 2 is 1.92 bits per heavy atom. The highest BCUT2D eigenvalue weighted by molar-refractivity contribution is 7.89. The molecule has 1 heterocycles. The Kier molecular flexibility index (Phi) is 5.01. The van der Waals surface area contributed by atoms with Gasteiger partial charge in [0.15, 0.2) is 11.6 Å². The number of methoxy groups -OCH3 is 1. The van der Waals surface area contributed by atoms with Gasteiger partial charge in [0.25, 0.3) is 0 Å². The topological polar surface area (TPSA) is 83.9 Å². The van der Waals surface area contributed by atoms with Gasteiger partial charge < -0.3 is 9.84 Å². The van der Waals surface area contributed by atoms with Crippen LogP contribution in [0.25, 0.3) is 0 Å². The summed E-state index contributed by atoms with van der Waals surface area (Å²) in [6.07, 6.45) is -4.87. The van der Waals surface area contributed by atoms with Crippen molar-refractivity contribution in [1.29, 1.82) is 0 Å². The number of sulfonamides is 1. The summed E-state index contributed by atoms with van der Waals surface area (Å²) >= 11 is 0. The van der Waals surface area contributed by atoms with E-state index in [-0.39, 0.29) is 11.3 Å². The standard InChI is InChI=1S/C14H15F4NO5S/c1-7-11(4-3-10(24-2)12(7)15)25(22,23)19-5-8(13(20)21)9(6-19)14(16,17)18/h3-4,8-9H,5-6H2,1-2H3,(H,20,21)/t8-,9-/m1/s1. The molecule has 1 aliphatic heterocycles. The first-order valence-electron chi connectivity index (χ1n) is 7.04. The molecule has 1 aromatic rings. The van der Waals surface area contributed by atoms with E-state index in [4.69, 9.17) is 9.84 Å². The van der Waals surface area contributed by atoms with Gasteiger partial charge in [0.1, 0.15) is 0 Å². The Balaban J connectivity index is 2.45. The maximum Gasteiger partial charge on any atom is 0.393 e. The predicted octanol–water partition coefficient (Wildman–Crippen LogP) is 2.03. The maximum atomic E-state index is 14.1. The third kappa shape index (κ3) is 3.43. The summed E-state index contributed by atoms with van der Waals surface area (Å²) < 4.78 is 83.5. The van der Waals surface area contributed by atoms with Gasteiger partial charge in [-0.25, -0.2) is 12.8 Å². The molecule has 6 nitrogen and oxygen atoms in total. The molecule has 0 amide bonds. The molecule has 2 atom stereocenters. The van der Waals surface area contributed by atoms with Gasteiger partial charge in [0.05, 0.1) is 23.8 Å². The van der Waals surface area contributed by atoms with Crippen molar-refractivity contribution in [2.45, 2.75) is 18.0 Å². The number of benzene rings is 1. The molecule has 0 bridgehead atoms. The molecule has 1 N–H and O–H groups in total. The molecule has 0 aromatic heterocycles. The van der Waals surface area contributed by atoms with Crippen LogP contribution >= 0.6 is 0 Å². The Bertz CT molecular complexity index is 793. The minimum absolute atomic E-state index is 0.213. The summed E-state index contributed by atoms with van der Waals surface area (Å²) in [5, 5.41) is 8.97. The smallest absolute Gasteiger partial charge is 0.393 e. The van der Waals surface area contributed by atoms with Gasteiger partial charge >= 0.3 is 12.1 Å². The van der Waals surface area contributed by atoms with Crippen molar-refractivity contribution in [3.05, 3.63) is 23.5 Å². The minimum atomic E-state index is -4.87. The van der Waals surface area contributed by atoms with Crippen molar-refractivity contribution >= 4 is 16.0 Å². The van der Waals surface area contributed by atoms with E-state index < -0.39 is 57.8 Å². The highest BCUT2D eigenvalue weighted by atomic mass is 32.2. The minimum Gasteiger partial charge on any atom is -0.494 e. The normalized spacial score (nSPS) is 22.2. The molecule has 1 aliphatic rings. The highest BCUT2D eigenvalue weighted by Crippen LogP contribution is 2.40. The molecular formula is C14H15F4NO5S. The van der Waals surface area contributed by atoms with E-state index >= 15 is 0 Å². The molecule has 11 heteroatoms. The van der Waals surface area contributed by atoms with Gasteiger partial charge in [-0.05, 0) is 19.1 Å². The number of carbonyl (C=O) groups is 1. The van der Waals surface area contributed by atoms with Crippen molar-refractivity contribution < 1.29 is 40.6 Å². The van der Waals surface area contributed by atoms with Crippen molar-refractivity contribution in [1.82, 2.24) is 4.31 Å². The zero-order valence-corrected chi connectivity index (χ0v) is 14.0. The Morgan fingerprint density at radius 3 is 2.36 bits per heavy atom. The average Bonchev–Trinajstić information content (AvgIpc) is 2.96. The second kappa shape index (κ2) is 6.45. The Morgan fingerprint density at radius 1 is 1.32 bits per heavy atom. The van der Waals surface area contributed by atoms with Crippen LogP contribution in [0, 0.1) is 24.6 Å². The molecular weight excluding hydrogens is 370 g/mol. The third-order valence-electron chi connectivity index (χ3n) is 4.16. The van der Waals surface area contributed by atoms with E-state index in [1.54, 1.807) is 0 Å². The van der Waals surface area contributed by atoms with Gasteiger partial charge in [0.2, 0.25) is 10.0 Å². The molecule has 140 valence electrons. The fourth-order valence-electron chi connectivity index (χ4n) is 2.76. The number of halogens is 4. The predicted molar refractivity (Wildman–Crippen MR) is 77.1 cm³/mol. The van der Waals surface area contributed by atoms with Crippen LogP contribution in [-0.2, 0) is 14.8 Å². The molecule has 0 radical (unpaired) electrons. The number of aliphatic carboxylic acids is 1. The quantitative estimate of drug-likeness (QED) is 0.802. The van der Waals surface area contributed by atoms with Crippen molar-refractivity contribution in [2.75, 3.05) is 20.2 Å². The lowest BCUT2D eigenvalue weighted by Gasteiger charge is -2.19. The van der Waals surface area contributed by atoms with Crippen molar-refractivity contribution in [3.63, 3.8) is 0 Å². The molecule has 2 rings (SSSR count). The zero-order valence-electron chi connectivity index (χ0n) is 13.2. The van der Waals surface area contributed by atoms with Crippen LogP contribution in [0.3, 0.4) is 0 Å². The Hall–Kier alpha value is -1.88. The molecule has 0 unspecified atom stereocenters. The summed E-state index contributed by atoms with van der Waals surface area (Å²) in [7, 11) is -3.32. The first kappa shape index (κ1) is 19.4. The molecule has 0 spiro atoms. The lowest BCUT2D eigenvalue weighted by atomic mass is 9.96. The first-order chi connectivity index (χ1) is 11.4. The van der Waals surface area contributed by atoms with Crippen LogP contribution in [0.15, 0.2) is 17.0 Å². The van der Waals surface area contributed by atoms with Crippen LogP contribution < -0.4 is 4.74 Å². The van der Waals surface area contributed by atoms with E-state index in [1.807, 2.05) is 0 Å². The number of nitrogens with zero attached hydrogens (tertiary/aromatic N) is 1. The van der Waals surface area contributed by atoms with Gasteiger partial charge in [-0.2, -0.15) is 17.5 Å². The maximum absolute atomic E-state index is 14.1. The fourth-order valence-corrected chi connectivity index (χ4v) is 4.47. The highest BCUT2D eigenvalue weighted by Gasteiger charge is 2.55. The van der Waals surface area contributed by atoms with Gasteiger partial charge in [-0.15, -0.1) is 0 Å². The lowest BCUT2D eigenvalue weighted by molar-refractivity contribution is -0.187. The van der Waals surface area contributed by atoms with E-state index in [9.17, 15) is 30.8 Å². The van der Waals surface area contributed by atoms with E-state index in [0.717, 1.165) is 19.1 Å². The fraction of sp³-hybridized carbons (Fsp3) is 0.500. The number of carboxylic acids is 1. The molecule has 25 heavy (non-hydrogen) atoms. The van der Waals surface area contributed by atoms with Crippen LogP contribution in [0.4, 0.5) is 17.6 Å². The SMILES string of the molecule is COc1ccc(S(=O)(=O)N2C[C@@H](C(F)(F)F)[C@H](C(=O)O)C2)c(C)c1F. The van der Waals surface area contributed by atoms with E-state index in [1.165, 1.54) is 7.11 Å². The van der Waals surface area contributed by atoms with E-state index in [2.05, 4.69) is 0 Å². The number of hydrogen-bond donors (Lipinski definition) is 1. The summed E-state index contributed by atoms with van der Waals surface area (Å²) in [6, 6.07) is 2.06. The lowest BCUT2D eigenvalue weighted by Crippen LogP contribution is -2.34. The second-order valence-electron chi connectivity index (χ2n) is 5.62. The second-order valence-corrected chi connectivity index (χ2v) is 7.53. The molecule has 1 aromatic carbocycles. The van der Waals surface area contributed by atoms with Crippen LogP contribution in [0.2, 0.25) is 0 Å². The molecule has 0 saturated carbocycles. The summed E-state index contributed by atoms with van der Waals surface area (Å²) in [5.74, 6) is -7.15. The largest absolute Gasteiger partial charge is 0.494 e. The number of hydrogen-bond acceptors (Lipinski definition) is 4. The van der Waals surface area contributed by atoms with Gasteiger partial charge in [0, 0.05) is 18.7 Å². The number of alkyl halides is 3. The monoisotopic (exact) mass is 385 g/mol. The molecule has 0 aliphatic carbocycles. The first-order valence-corrected chi connectivity index (χ1v) is 8.48. The van der Waals surface area contributed by atoms with Gasteiger partial charge in [-0.3, -0.25) is 4.79 Å². The number of rotatable bonds is 4. The van der Waals surface area contributed by atoms with Crippen molar-refractivity contribution in [3.8, 4) is 5.75 Å². The van der Waals surface area contributed by atoms with E-state index in [0.29, 0.717) is 4.31 Å². The molecule has 1 fully saturated rings. The number of carboxylic acid groups (broad SMARTS) is 1. The number of ether oxygens (including phenoxy) is 1. The summed E-state index contributed by atoms with van der Waals surface area (Å²) in [5.41, 5.74) is -0.318. The van der Waals surface area contributed by atoms with Crippen molar-refractivity contribution in [2.24, 2.45) is 11.8 Å².